The van der Waals surface area contributed by atoms with Crippen LogP contribution >= 0.6 is 11.6 Å². The van der Waals surface area contributed by atoms with E-state index in [-0.39, 0.29) is 12.2 Å². The van der Waals surface area contributed by atoms with Crippen LogP contribution in [0.4, 0.5) is 10.5 Å². The summed E-state index contributed by atoms with van der Waals surface area (Å²) >= 11 is 5.84. The van der Waals surface area contributed by atoms with E-state index in [9.17, 15) is 28.2 Å². The predicted octanol–water partition coefficient (Wildman–Crippen LogP) is 5.24. The lowest BCUT2D eigenvalue weighted by molar-refractivity contribution is 0.0523. The topological polar surface area (TPSA) is 142 Å². The Morgan fingerprint density at radius 3 is 2.39 bits per heavy atom. The van der Waals surface area contributed by atoms with Crippen LogP contribution in [0.25, 0.3) is 11.1 Å². The molecule has 0 saturated heterocycles. The van der Waals surface area contributed by atoms with Gasteiger partial charge in [0.25, 0.3) is 10.0 Å². The van der Waals surface area contributed by atoms with Gasteiger partial charge in [0.05, 0.1) is 10.6 Å². The standard InChI is InChI=1S/C25H25ClN2O7S/c1-25(2,3)35-24(32)27-14-16-7-4-5-10-19(16)15-8-6-9-18(11-15)28-36(33,34)21-13-17(23(30)31)12-20(26)22(21)29/h4-13,28-29H,14H2,1-3H3,(H,27,32)(H,30,31). The first-order valence-electron chi connectivity index (χ1n) is 10.7. The molecule has 3 rings (SSSR count). The number of nitrogens with one attached hydrogen (secondary N) is 2. The number of rotatable bonds is 7. The number of benzene rings is 3. The van der Waals surface area contributed by atoms with Crippen molar-refractivity contribution in [2.45, 2.75) is 37.8 Å². The molecule has 1 amide bonds. The molecule has 0 radical (unpaired) electrons. The summed E-state index contributed by atoms with van der Waals surface area (Å²) in [5.41, 5.74) is 1.29. The number of aromatic carboxylic acids is 1. The maximum Gasteiger partial charge on any atom is 0.407 e. The van der Waals surface area contributed by atoms with Crippen molar-refractivity contribution in [3.8, 4) is 16.9 Å². The summed E-state index contributed by atoms with van der Waals surface area (Å²) < 4.78 is 33.6. The number of hydrogen-bond donors (Lipinski definition) is 4. The van der Waals surface area contributed by atoms with Crippen molar-refractivity contribution in [3.63, 3.8) is 0 Å². The van der Waals surface area contributed by atoms with E-state index >= 15 is 0 Å². The van der Waals surface area contributed by atoms with Gasteiger partial charge in [-0.1, -0.05) is 48.0 Å². The van der Waals surface area contributed by atoms with Crippen LogP contribution < -0.4 is 10.0 Å². The van der Waals surface area contributed by atoms with Gasteiger partial charge in [-0.25, -0.2) is 18.0 Å². The molecule has 190 valence electrons. The van der Waals surface area contributed by atoms with Crippen molar-refractivity contribution in [2.24, 2.45) is 0 Å². The molecule has 3 aromatic carbocycles. The van der Waals surface area contributed by atoms with Gasteiger partial charge in [-0.3, -0.25) is 4.72 Å². The number of ether oxygens (including phenoxy) is 1. The summed E-state index contributed by atoms with van der Waals surface area (Å²) in [5, 5.41) is 21.7. The average Bonchev–Trinajstić information content (AvgIpc) is 2.78. The highest BCUT2D eigenvalue weighted by molar-refractivity contribution is 7.92. The number of anilines is 1. The molecule has 0 saturated carbocycles. The number of sulfonamides is 1. The van der Waals surface area contributed by atoms with Crippen molar-refractivity contribution in [3.05, 3.63) is 76.8 Å². The van der Waals surface area contributed by atoms with Crippen molar-refractivity contribution in [1.29, 1.82) is 0 Å². The number of alkyl carbamates (subject to hydrolysis) is 1. The van der Waals surface area contributed by atoms with E-state index in [0.717, 1.165) is 23.3 Å². The van der Waals surface area contributed by atoms with Crippen LogP contribution in [0.5, 0.6) is 5.75 Å². The van der Waals surface area contributed by atoms with Gasteiger partial charge in [0, 0.05) is 12.2 Å². The van der Waals surface area contributed by atoms with Gasteiger partial charge in [-0.2, -0.15) is 0 Å². The molecule has 0 aliphatic carbocycles. The third-order valence-electron chi connectivity index (χ3n) is 4.83. The minimum Gasteiger partial charge on any atom is -0.505 e. The van der Waals surface area contributed by atoms with E-state index in [1.54, 1.807) is 45.0 Å². The van der Waals surface area contributed by atoms with Crippen LogP contribution in [-0.2, 0) is 21.3 Å². The summed E-state index contributed by atoms with van der Waals surface area (Å²) in [4.78, 5) is 22.7. The van der Waals surface area contributed by atoms with Gasteiger partial charge >= 0.3 is 12.1 Å². The third kappa shape index (κ3) is 6.67. The van der Waals surface area contributed by atoms with Gasteiger partial charge < -0.3 is 20.3 Å². The van der Waals surface area contributed by atoms with Crippen molar-refractivity contribution in [2.75, 3.05) is 4.72 Å². The van der Waals surface area contributed by atoms with Gasteiger partial charge in [0.1, 0.15) is 10.5 Å². The van der Waals surface area contributed by atoms with Gasteiger partial charge in [-0.15, -0.1) is 0 Å². The molecule has 0 aliphatic heterocycles. The highest BCUT2D eigenvalue weighted by Crippen LogP contribution is 2.34. The van der Waals surface area contributed by atoms with Gasteiger partial charge in [0.2, 0.25) is 0 Å². The van der Waals surface area contributed by atoms with Crippen LogP contribution in [0.15, 0.2) is 65.6 Å². The highest BCUT2D eigenvalue weighted by atomic mass is 35.5. The quantitative estimate of drug-likeness (QED) is 0.326. The zero-order valence-corrected chi connectivity index (χ0v) is 21.3. The normalized spacial score (nSPS) is 11.6. The monoisotopic (exact) mass is 532 g/mol. The van der Waals surface area contributed by atoms with Crippen molar-refractivity contribution < 1.29 is 33.0 Å². The van der Waals surface area contributed by atoms with Crippen LogP contribution in [0.1, 0.15) is 36.7 Å². The Kier molecular flexibility index (Phi) is 7.80. The van der Waals surface area contributed by atoms with E-state index in [2.05, 4.69) is 10.0 Å². The maximum absolute atomic E-state index is 13.0. The number of phenols is 1. The maximum atomic E-state index is 13.0. The molecule has 0 unspecified atom stereocenters. The zero-order chi connectivity index (χ0) is 26.7. The highest BCUT2D eigenvalue weighted by Gasteiger charge is 2.24. The summed E-state index contributed by atoms with van der Waals surface area (Å²) in [6, 6.07) is 15.5. The van der Waals surface area contributed by atoms with E-state index in [1.165, 1.54) is 6.07 Å². The van der Waals surface area contributed by atoms with Crippen LogP contribution in [0.3, 0.4) is 0 Å². The van der Waals surface area contributed by atoms with Crippen LogP contribution in [-0.4, -0.2) is 36.3 Å². The summed E-state index contributed by atoms with van der Waals surface area (Å²) in [6.45, 7) is 5.46. The fraction of sp³-hybridized carbons (Fsp3) is 0.200. The Hall–Kier alpha value is -3.76. The number of amides is 1. The molecule has 4 N–H and O–H groups in total. The number of carboxylic acid groups (broad SMARTS) is 1. The third-order valence-corrected chi connectivity index (χ3v) is 6.51. The number of halogens is 1. The first-order chi connectivity index (χ1) is 16.8. The molecule has 36 heavy (non-hydrogen) atoms. The van der Waals surface area contributed by atoms with E-state index in [1.807, 2.05) is 18.2 Å². The van der Waals surface area contributed by atoms with E-state index in [4.69, 9.17) is 16.3 Å². The number of carboxylic acids is 1. The van der Waals surface area contributed by atoms with Crippen molar-refractivity contribution in [1.82, 2.24) is 5.32 Å². The number of carbonyl (C=O) groups is 2. The van der Waals surface area contributed by atoms with E-state index in [0.29, 0.717) is 5.56 Å². The molecule has 3 aromatic rings. The Bertz CT molecular complexity index is 1420. The minimum atomic E-state index is -4.39. The number of phenolic OH excluding ortho intramolecular Hbond substituents is 1. The lowest BCUT2D eigenvalue weighted by atomic mass is 9.99. The molecule has 0 bridgehead atoms. The Labute approximate surface area is 213 Å². The molecular weight excluding hydrogens is 508 g/mol. The predicted molar refractivity (Wildman–Crippen MR) is 136 cm³/mol. The second-order valence-electron chi connectivity index (χ2n) is 8.81. The van der Waals surface area contributed by atoms with Crippen molar-refractivity contribution >= 4 is 39.4 Å². The molecule has 0 spiro atoms. The molecule has 11 heteroatoms. The number of hydrogen-bond acceptors (Lipinski definition) is 6. The summed E-state index contributed by atoms with van der Waals surface area (Å²) in [5.74, 6) is -2.16. The van der Waals surface area contributed by atoms with Crippen LogP contribution in [0.2, 0.25) is 5.02 Å². The average molecular weight is 533 g/mol. The second kappa shape index (κ2) is 10.5. The molecule has 0 atom stereocenters. The van der Waals surface area contributed by atoms with Gasteiger partial charge in [0.15, 0.2) is 5.75 Å². The smallest absolute Gasteiger partial charge is 0.407 e. The number of carbonyl (C=O) groups excluding carboxylic acids is 1. The fourth-order valence-corrected chi connectivity index (χ4v) is 4.77. The fourth-order valence-electron chi connectivity index (χ4n) is 3.30. The van der Waals surface area contributed by atoms with Gasteiger partial charge in [-0.05, 0) is 61.7 Å². The number of aromatic hydroxyl groups is 1. The van der Waals surface area contributed by atoms with E-state index < -0.39 is 48.9 Å². The Morgan fingerprint density at radius 2 is 1.72 bits per heavy atom. The molecule has 9 nitrogen and oxygen atoms in total. The second-order valence-corrected chi connectivity index (χ2v) is 10.9. The molecule has 0 aliphatic rings. The Morgan fingerprint density at radius 1 is 1.03 bits per heavy atom. The summed E-state index contributed by atoms with van der Waals surface area (Å²) in [6.07, 6.45) is -0.569. The molecule has 0 aromatic heterocycles. The lowest BCUT2D eigenvalue weighted by Gasteiger charge is -2.20. The summed E-state index contributed by atoms with van der Waals surface area (Å²) in [7, 11) is -4.39. The lowest BCUT2D eigenvalue weighted by Crippen LogP contribution is -2.32. The molecule has 0 heterocycles. The molecule has 0 fully saturated rings. The largest absolute Gasteiger partial charge is 0.505 e. The first-order valence-corrected chi connectivity index (χ1v) is 12.6. The minimum absolute atomic E-state index is 0.165. The van der Waals surface area contributed by atoms with Crippen LogP contribution in [0, 0.1) is 0 Å². The first kappa shape index (κ1) is 26.8. The molecular formula is C25H25ClN2O7S. The Balaban J connectivity index is 1.89. The SMILES string of the molecule is CC(C)(C)OC(=O)NCc1ccccc1-c1cccc(NS(=O)(=O)c2cc(C(=O)O)cc(Cl)c2O)c1. The zero-order valence-electron chi connectivity index (χ0n) is 19.7.